The largest absolute Gasteiger partial charge is 0.435 e. The minimum Gasteiger partial charge on any atom is -0.310 e. The van der Waals surface area contributed by atoms with Gasteiger partial charge in [-0.05, 0) is 43.1 Å². The number of hydrogen-bond acceptors (Lipinski definition) is 4. The molecular weight excluding hydrogens is 385 g/mol. The number of benzene rings is 2. The van der Waals surface area contributed by atoms with Gasteiger partial charge in [0.1, 0.15) is 5.82 Å². The van der Waals surface area contributed by atoms with Crippen LogP contribution in [0.5, 0.6) is 0 Å². The molecule has 2 heterocycles. The number of fused-ring (bicyclic) bond motifs is 1. The van der Waals surface area contributed by atoms with Crippen LogP contribution < -0.4 is 4.72 Å². The predicted octanol–water partition coefficient (Wildman–Crippen LogP) is 5.87. The standard InChI is InChI=1S/C20H15F3N4S/c1-13-7-9-15(10-8-13)28-26-18-12-17(20(21,22)23)25-27(18)16-6-2-4-14-5-3-11-24-19(14)16/h2-12,26H,1H3. The number of para-hydroxylation sites is 1. The lowest BCUT2D eigenvalue weighted by atomic mass is 10.2. The number of aromatic nitrogens is 3. The first-order valence-corrected chi connectivity index (χ1v) is 9.24. The Kier molecular flexibility index (Phi) is 4.72. The van der Waals surface area contributed by atoms with Crippen LogP contribution in [0.1, 0.15) is 11.3 Å². The predicted molar refractivity (Wildman–Crippen MR) is 105 cm³/mol. The van der Waals surface area contributed by atoms with Gasteiger partial charge in [-0.15, -0.1) is 0 Å². The van der Waals surface area contributed by atoms with E-state index in [1.54, 1.807) is 24.4 Å². The van der Waals surface area contributed by atoms with Gasteiger partial charge in [0.05, 0.1) is 11.2 Å². The maximum Gasteiger partial charge on any atom is 0.435 e. The maximum atomic E-state index is 13.3. The van der Waals surface area contributed by atoms with E-state index in [1.807, 2.05) is 43.3 Å². The number of nitrogens with one attached hydrogen (secondary N) is 1. The third-order valence-electron chi connectivity index (χ3n) is 4.13. The molecule has 0 saturated carbocycles. The van der Waals surface area contributed by atoms with E-state index in [9.17, 15) is 13.2 Å². The molecule has 0 aliphatic heterocycles. The van der Waals surface area contributed by atoms with E-state index >= 15 is 0 Å². The van der Waals surface area contributed by atoms with Gasteiger partial charge in [0.15, 0.2) is 5.69 Å². The normalized spacial score (nSPS) is 11.7. The molecule has 4 nitrogen and oxygen atoms in total. The summed E-state index contributed by atoms with van der Waals surface area (Å²) in [6.45, 7) is 1.97. The van der Waals surface area contributed by atoms with Crippen LogP contribution in [0.3, 0.4) is 0 Å². The average Bonchev–Trinajstić information content (AvgIpc) is 3.12. The number of alkyl halides is 3. The summed E-state index contributed by atoms with van der Waals surface area (Å²) < 4.78 is 44.1. The van der Waals surface area contributed by atoms with Gasteiger partial charge in [0, 0.05) is 22.5 Å². The van der Waals surface area contributed by atoms with Crippen molar-refractivity contribution in [2.75, 3.05) is 4.72 Å². The maximum absolute atomic E-state index is 13.3. The topological polar surface area (TPSA) is 42.7 Å². The molecule has 1 N–H and O–H groups in total. The van der Waals surface area contributed by atoms with Crippen LogP contribution in [-0.4, -0.2) is 14.8 Å². The Labute approximate surface area is 163 Å². The zero-order valence-electron chi connectivity index (χ0n) is 14.7. The highest BCUT2D eigenvalue weighted by molar-refractivity contribution is 8.00. The van der Waals surface area contributed by atoms with Gasteiger partial charge in [-0.2, -0.15) is 18.3 Å². The Bertz CT molecular complexity index is 1120. The summed E-state index contributed by atoms with van der Waals surface area (Å²) >= 11 is 1.22. The van der Waals surface area contributed by atoms with Gasteiger partial charge in [0.2, 0.25) is 0 Å². The smallest absolute Gasteiger partial charge is 0.310 e. The fourth-order valence-corrected chi connectivity index (χ4v) is 3.39. The highest BCUT2D eigenvalue weighted by Crippen LogP contribution is 2.34. The molecular formula is C20H15F3N4S. The molecule has 4 rings (SSSR count). The van der Waals surface area contributed by atoms with E-state index in [2.05, 4.69) is 14.8 Å². The average molecular weight is 400 g/mol. The molecule has 142 valence electrons. The molecule has 2 aromatic heterocycles. The van der Waals surface area contributed by atoms with Gasteiger partial charge in [-0.3, -0.25) is 4.98 Å². The molecule has 0 atom stereocenters. The first kappa shape index (κ1) is 18.4. The SMILES string of the molecule is Cc1ccc(SNc2cc(C(F)(F)F)nn2-c2cccc3cccnc23)cc1. The molecule has 0 bridgehead atoms. The molecule has 0 aliphatic rings. The molecule has 2 aromatic carbocycles. The van der Waals surface area contributed by atoms with Crippen LogP contribution in [0, 0.1) is 6.92 Å². The molecule has 0 amide bonds. The van der Waals surface area contributed by atoms with Crippen molar-refractivity contribution in [2.24, 2.45) is 0 Å². The summed E-state index contributed by atoms with van der Waals surface area (Å²) in [6.07, 6.45) is -2.94. The Hall–Kier alpha value is -3.00. The fraction of sp³-hybridized carbons (Fsp3) is 0.100. The van der Waals surface area contributed by atoms with Crippen molar-refractivity contribution in [1.82, 2.24) is 14.8 Å². The molecule has 8 heteroatoms. The molecule has 4 aromatic rings. The van der Waals surface area contributed by atoms with Crippen molar-refractivity contribution in [2.45, 2.75) is 18.0 Å². The van der Waals surface area contributed by atoms with Crippen LogP contribution in [0.4, 0.5) is 19.0 Å². The molecule has 0 aliphatic carbocycles. The number of aryl methyl sites for hydroxylation is 1. The molecule has 0 unspecified atom stereocenters. The van der Waals surface area contributed by atoms with Crippen LogP contribution in [0.25, 0.3) is 16.6 Å². The zero-order valence-corrected chi connectivity index (χ0v) is 15.6. The summed E-state index contributed by atoms with van der Waals surface area (Å²) in [5, 5.41) is 4.62. The van der Waals surface area contributed by atoms with E-state index in [4.69, 9.17) is 0 Å². The van der Waals surface area contributed by atoms with Crippen molar-refractivity contribution in [1.29, 1.82) is 0 Å². The van der Waals surface area contributed by atoms with Gasteiger partial charge in [0.25, 0.3) is 0 Å². The Morgan fingerprint density at radius 1 is 1.00 bits per heavy atom. The Balaban J connectivity index is 1.77. The number of pyridine rings is 1. The van der Waals surface area contributed by atoms with Crippen molar-refractivity contribution >= 4 is 28.7 Å². The quantitative estimate of drug-likeness (QED) is 0.435. The van der Waals surface area contributed by atoms with Gasteiger partial charge >= 0.3 is 6.18 Å². The van der Waals surface area contributed by atoms with Crippen LogP contribution >= 0.6 is 11.9 Å². The summed E-state index contributed by atoms with van der Waals surface area (Å²) in [5.41, 5.74) is 1.19. The van der Waals surface area contributed by atoms with Crippen molar-refractivity contribution in [3.05, 3.63) is 78.1 Å². The van der Waals surface area contributed by atoms with E-state index < -0.39 is 11.9 Å². The first-order valence-electron chi connectivity index (χ1n) is 8.43. The minimum atomic E-state index is -4.55. The number of halogens is 3. The van der Waals surface area contributed by atoms with Gasteiger partial charge in [-0.25, -0.2) is 4.68 Å². The third-order valence-corrected chi connectivity index (χ3v) is 4.95. The van der Waals surface area contributed by atoms with Crippen LogP contribution in [-0.2, 0) is 6.18 Å². The Morgan fingerprint density at radius 2 is 1.75 bits per heavy atom. The second-order valence-corrected chi connectivity index (χ2v) is 7.07. The lowest BCUT2D eigenvalue weighted by Gasteiger charge is -2.11. The molecule has 0 fully saturated rings. The fourth-order valence-electron chi connectivity index (χ4n) is 2.75. The number of rotatable bonds is 4. The second-order valence-electron chi connectivity index (χ2n) is 6.19. The zero-order chi connectivity index (χ0) is 19.7. The summed E-state index contributed by atoms with van der Waals surface area (Å²) in [5.74, 6) is 0.219. The van der Waals surface area contributed by atoms with Crippen LogP contribution in [0.2, 0.25) is 0 Å². The third kappa shape index (κ3) is 3.68. The van der Waals surface area contributed by atoms with Gasteiger partial charge in [-0.1, -0.05) is 35.9 Å². The minimum absolute atomic E-state index is 0.219. The number of anilines is 1. The van der Waals surface area contributed by atoms with Crippen LogP contribution in [0.15, 0.2) is 71.8 Å². The highest BCUT2D eigenvalue weighted by Gasteiger charge is 2.35. The van der Waals surface area contributed by atoms with E-state index in [1.165, 1.54) is 16.6 Å². The highest BCUT2D eigenvalue weighted by atomic mass is 32.2. The first-order chi connectivity index (χ1) is 13.4. The van der Waals surface area contributed by atoms with E-state index in [0.29, 0.717) is 11.2 Å². The van der Waals surface area contributed by atoms with Gasteiger partial charge < -0.3 is 4.72 Å². The lowest BCUT2D eigenvalue weighted by molar-refractivity contribution is -0.141. The molecule has 0 saturated heterocycles. The van der Waals surface area contributed by atoms with E-state index in [0.717, 1.165) is 21.9 Å². The monoisotopic (exact) mass is 400 g/mol. The number of hydrogen-bond donors (Lipinski definition) is 1. The second kappa shape index (κ2) is 7.20. The molecule has 0 spiro atoms. The Morgan fingerprint density at radius 3 is 2.50 bits per heavy atom. The summed E-state index contributed by atoms with van der Waals surface area (Å²) in [6, 6.07) is 17.6. The van der Waals surface area contributed by atoms with Crippen molar-refractivity contribution < 1.29 is 13.2 Å². The number of nitrogens with zero attached hydrogens (tertiary/aromatic N) is 3. The molecule has 28 heavy (non-hydrogen) atoms. The summed E-state index contributed by atoms with van der Waals surface area (Å²) in [7, 11) is 0. The summed E-state index contributed by atoms with van der Waals surface area (Å²) in [4.78, 5) is 5.20. The van der Waals surface area contributed by atoms with Crippen molar-refractivity contribution in [3.63, 3.8) is 0 Å². The molecule has 0 radical (unpaired) electrons. The van der Waals surface area contributed by atoms with Crippen molar-refractivity contribution in [3.8, 4) is 5.69 Å². The van der Waals surface area contributed by atoms with E-state index in [-0.39, 0.29) is 5.82 Å². The lowest BCUT2D eigenvalue weighted by Crippen LogP contribution is -2.08.